The Balaban J connectivity index is 1.62. The number of carbonyl (C=O) groups excluding carboxylic acids is 3. The molecule has 2 heterocycles. The highest BCUT2D eigenvalue weighted by molar-refractivity contribution is 6.30. The lowest BCUT2D eigenvalue weighted by molar-refractivity contribution is -0.145. The Morgan fingerprint density at radius 1 is 1.16 bits per heavy atom. The molecule has 4 rings (SSSR count). The number of halogens is 2. The van der Waals surface area contributed by atoms with Crippen LogP contribution in [0.3, 0.4) is 0 Å². The first kappa shape index (κ1) is 27.3. The van der Waals surface area contributed by atoms with E-state index in [4.69, 9.17) is 16.3 Å². The average molecular weight is 547 g/mol. The molecule has 2 N–H and O–H groups in total. The number of carboxylic acids is 1. The summed E-state index contributed by atoms with van der Waals surface area (Å²) >= 11 is 5.90. The molecule has 2 unspecified atom stereocenters. The Kier molecular flexibility index (Phi) is 8.17. The predicted molar refractivity (Wildman–Crippen MR) is 139 cm³/mol. The number of methoxy groups -OCH3 is 1. The van der Waals surface area contributed by atoms with Gasteiger partial charge >= 0.3 is 12.0 Å². The molecule has 2 saturated heterocycles. The van der Waals surface area contributed by atoms with E-state index < -0.39 is 36.0 Å². The molecule has 2 aromatic rings. The Morgan fingerprint density at radius 2 is 1.84 bits per heavy atom. The number of piperidine rings is 1. The molecular formula is C26H28ClFN4O6. The highest BCUT2D eigenvalue weighted by Crippen LogP contribution is 2.38. The monoisotopic (exact) mass is 546 g/mol. The lowest BCUT2D eigenvalue weighted by atomic mass is 9.89. The number of carbonyl (C=O) groups is 4. The molecule has 2 aliphatic heterocycles. The quantitative estimate of drug-likeness (QED) is 0.501. The number of ether oxygens (including phenoxy) is 1. The summed E-state index contributed by atoms with van der Waals surface area (Å²) < 4.78 is 21.0. The third-order valence-electron chi connectivity index (χ3n) is 6.87. The van der Waals surface area contributed by atoms with Gasteiger partial charge in [0.2, 0.25) is 5.91 Å². The number of anilines is 3. The molecule has 10 nitrogen and oxygen atoms in total. The summed E-state index contributed by atoms with van der Waals surface area (Å²) in [4.78, 5) is 53.6. The average Bonchev–Trinajstić information content (AvgIpc) is 3.28. The highest BCUT2D eigenvalue weighted by atomic mass is 35.5. The molecule has 2 atom stereocenters. The minimum Gasteiger partial charge on any atom is -0.481 e. The Bertz CT molecular complexity index is 1210. The van der Waals surface area contributed by atoms with Crippen molar-refractivity contribution in [1.29, 1.82) is 0 Å². The van der Waals surface area contributed by atoms with Gasteiger partial charge in [-0.3, -0.25) is 14.4 Å². The van der Waals surface area contributed by atoms with Crippen molar-refractivity contribution in [1.82, 2.24) is 4.90 Å². The molecule has 202 valence electrons. The first-order valence-corrected chi connectivity index (χ1v) is 12.5. The van der Waals surface area contributed by atoms with E-state index in [2.05, 4.69) is 5.32 Å². The van der Waals surface area contributed by atoms with Gasteiger partial charge in [0.05, 0.1) is 18.2 Å². The maximum Gasteiger partial charge on any atom is 0.322 e. The zero-order valence-electron chi connectivity index (χ0n) is 20.7. The highest BCUT2D eigenvalue weighted by Gasteiger charge is 2.57. The van der Waals surface area contributed by atoms with Crippen molar-refractivity contribution in [3.05, 3.63) is 53.6 Å². The summed E-state index contributed by atoms with van der Waals surface area (Å²) in [5.41, 5.74) is -1.29. The number of likely N-dealkylation sites (tertiary alicyclic amines) is 1. The molecule has 2 aromatic carbocycles. The number of hydrogen-bond donors (Lipinski definition) is 2. The Labute approximate surface area is 223 Å². The van der Waals surface area contributed by atoms with Gasteiger partial charge in [0.1, 0.15) is 5.54 Å². The number of urea groups is 1. The summed E-state index contributed by atoms with van der Waals surface area (Å²) in [6, 6.07) is 11.1. The van der Waals surface area contributed by atoms with Crippen LogP contribution in [0.4, 0.5) is 26.3 Å². The van der Waals surface area contributed by atoms with E-state index in [1.54, 1.807) is 29.2 Å². The summed E-state index contributed by atoms with van der Waals surface area (Å²) in [5, 5.41) is 12.6. The van der Waals surface area contributed by atoms with E-state index in [1.165, 1.54) is 31.4 Å². The topological polar surface area (TPSA) is 119 Å². The Hall–Kier alpha value is -3.70. The number of carboxylic acid groups (broad SMARTS) is 1. The van der Waals surface area contributed by atoms with Crippen LogP contribution < -0.4 is 15.3 Å². The van der Waals surface area contributed by atoms with E-state index in [0.29, 0.717) is 29.4 Å². The van der Waals surface area contributed by atoms with Gasteiger partial charge in [-0.1, -0.05) is 16.1 Å². The fourth-order valence-corrected chi connectivity index (χ4v) is 5.05. The summed E-state index contributed by atoms with van der Waals surface area (Å²) in [6.45, 7) is 0.424. The number of aliphatic carboxylic acids is 1. The van der Waals surface area contributed by atoms with Crippen LogP contribution in [0.25, 0.3) is 0 Å². The van der Waals surface area contributed by atoms with E-state index >= 15 is 4.48 Å². The van der Waals surface area contributed by atoms with Crippen LogP contribution in [-0.2, 0) is 19.1 Å². The van der Waals surface area contributed by atoms with Crippen LogP contribution in [0.5, 0.6) is 0 Å². The predicted octanol–water partition coefficient (Wildman–Crippen LogP) is 4.24. The smallest absolute Gasteiger partial charge is 0.322 e. The van der Waals surface area contributed by atoms with Crippen molar-refractivity contribution < 1.29 is 33.5 Å². The van der Waals surface area contributed by atoms with Gasteiger partial charge in [0.25, 0.3) is 5.91 Å². The first-order chi connectivity index (χ1) is 18.1. The number of rotatable bonds is 7. The third-order valence-corrected chi connectivity index (χ3v) is 7.13. The van der Waals surface area contributed by atoms with Crippen molar-refractivity contribution in [2.45, 2.75) is 43.7 Å². The van der Waals surface area contributed by atoms with Crippen molar-refractivity contribution in [3.63, 3.8) is 0 Å². The molecule has 0 aliphatic carbocycles. The van der Waals surface area contributed by atoms with Crippen molar-refractivity contribution in [2.24, 2.45) is 0 Å². The zero-order chi connectivity index (χ0) is 27.4. The van der Waals surface area contributed by atoms with Crippen molar-refractivity contribution in [3.8, 4) is 0 Å². The number of nitrogens with one attached hydrogen (secondary N) is 1. The molecule has 2 fully saturated rings. The summed E-state index contributed by atoms with van der Waals surface area (Å²) in [5.74, 6) is -2.63. The standard InChI is InChI=1S/C26H28ClFN4O6/c1-38-21-14-26(15-23(34)35,31(16-21)25(37)29-18-7-5-17(27)6-8-18)24(36)32(28)20-11-9-19(10-12-20)30-13-3-2-4-22(30)33/h5-12,21H,2-4,13-16H2,1H3,(H,29,37)(H,34,35). The molecule has 0 bridgehead atoms. The maximum atomic E-state index is 15.7. The molecule has 4 amide bonds. The van der Waals surface area contributed by atoms with Crippen LogP contribution in [0, 0.1) is 0 Å². The fraction of sp³-hybridized carbons (Fsp3) is 0.385. The number of amides is 4. The van der Waals surface area contributed by atoms with Gasteiger partial charge < -0.3 is 25.0 Å². The second-order valence-corrected chi connectivity index (χ2v) is 9.75. The van der Waals surface area contributed by atoms with Gasteiger partial charge in [0.15, 0.2) is 0 Å². The van der Waals surface area contributed by atoms with E-state index in [-0.39, 0.29) is 29.7 Å². The van der Waals surface area contributed by atoms with Gasteiger partial charge in [0, 0.05) is 49.4 Å². The fourth-order valence-electron chi connectivity index (χ4n) is 4.93. The lowest BCUT2D eigenvalue weighted by Crippen LogP contribution is -2.59. The molecule has 38 heavy (non-hydrogen) atoms. The second-order valence-electron chi connectivity index (χ2n) is 9.32. The van der Waals surface area contributed by atoms with Crippen molar-refractivity contribution in [2.75, 3.05) is 35.5 Å². The Morgan fingerprint density at radius 3 is 2.45 bits per heavy atom. The molecule has 0 saturated carbocycles. The molecule has 0 radical (unpaired) electrons. The zero-order valence-corrected chi connectivity index (χ0v) is 21.5. The number of nitrogens with zero attached hydrogens (tertiary/aromatic N) is 3. The van der Waals surface area contributed by atoms with Crippen LogP contribution in [0.15, 0.2) is 48.5 Å². The van der Waals surface area contributed by atoms with Gasteiger partial charge in [-0.2, -0.15) is 0 Å². The maximum absolute atomic E-state index is 15.7. The molecular weight excluding hydrogens is 519 g/mol. The van der Waals surface area contributed by atoms with Gasteiger partial charge in [-0.25, -0.2) is 4.79 Å². The molecule has 0 spiro atoms. The molecule has 0 aromatic heterocycles. The number of benzene rings is 2. The van der Waals surface area contributed by atoms with Crippen molar-refractivity contribution >= 4 is 52.5 Å². The lowest BCUT2D eigenvalue weighted by Gasteiger charge is -2.36. The van der Waals surface area contributed by atoms with E-state index in [9.17, 15) is 24.3 Å². The normalized spacial score (nSPS) is 21.3. The molecule has 2 aliphatic rings. The minimum absolute atomic E-state index is 0.0310. The minimum atomic E-state index is -2.06. The first-order valence-electron chi connectivity index (χ1n) is 12.1. The van der Waals surface area contributed by atoms with E-state index in [0.717, 1.165) is 17.7 Å². The van der Waals surface area contributed by atoms with Crippen LogP contribution in [0.1, 0.15) is 32.1 Å². The number of hydrogen-bond acceptors (Lipinski definition) is 5. The van der Waals surface area contributed by atoms with Gasteiger partial charge in [-0.15, -0.1) is 5.12 Å². The van der Waals surface area contributed by atoms with Crippen LogP contribution in [-0.4, -0.2) is 65.7 Å². The van der Waals surface area contributed by atoms with Crippen LogP contribution >= 0.6 is 11.6 Å². The summed E-state index contributed by atoms with van der Waals surface area (Å²) in [6.07, 6.45) is 0.352. The third kappa shape index (κ3) is 5.58. The van der Waals surface area contributed by atoms with Crippen LogP contribution in [0.2, 0.25) is 5.02 Å². The summed E-state index contributed by atoms with van der Waals surface area (Å²) in [7, 11) is 1.37. The second kappa shape index (κ2) is 11.4. The SMILES string of the molecule is COC1CN(C(=O)Nc2ccc(Cl)cc2)C(CC(=O)O)(C(=O)N(F)c2ccc(N3CCCCC3=O)cc2)C1. The van der Waals surface area contributed by atoms with Gasteiger partial charge in [-0.05, 0) is 61.4 Å². The molecule has 12 heteroatoms. The largest absolute Gasteiger partial charge is 0.481 e. The van der Waals surface area contributed by atoms with E-state index in [1.807, 2.05) is 0 Å².